The van der Waals surface area contributed by atoms with Crippen molar-refractivity contribution < 1.29 is 9.90 Å². The van der Waals surface area contributed by atoms with Gasteiger partial charge in [0.1, 0.15) is 5.82 Å². The molecule has 0 aliphatic carbocycles. The van der Waals surface area contributed by atoms with Gasteiger partial charge in [0.25, 0.3) is 0 Å². The highest BCUT2D eigenvalue weighted by Crippen LogP contribution is 2.29. The van der Waals surface area contributed by atoms with Gasteiger partial charge in [0, 0.05) is 24.0 Å². The molecule has 0 radical (unpaired) electrons. The first kappa shape index (κ1) is 15.4. The molecule has 126 valence electrons. The highest BCUT2D eigenvalue weighted by atomic mass is 16.4. The minimum absolute atomic E-state index is 0.324. The summed E-state index contributed by atoms with van der Waals surface area (Å²) in [6.07, 6.45) is 5.47. The molecule has 6 heteroatoms. The van der Waals surface area contributed by atoms with E-state index < -0.39 is 11.9 Å². The van der Waals surface area contributed by atoms with E-state index in [1.54, 1.807) is 24.7 Å². The number of carboxylic acid groups (broad SMARTS) is 1. The highest BCUT2D eigenvalue weighted by Gasteiger charge is 2.26. The molecule has 0 saturated carbocycles. The molecule has 4 rings (SSSR count). The van der Waals surface area contributed by atoms with Gasteiger partial charge in [-0.15, -0.1) is 0 Å². The minimum atomic E-state index is -0.886. The van der Waals surface area contributed by atoms with Gasteiger partial charge in [0.15, 0.2) is 0 Å². The number of fused-ring (bicyclic) bond motifs is 3. The predicted octanol–water partition coefficient (Wildman–Crippen LogP) is 2.36. The molecule has 1 aliphatic rings. The van der Waals surface area contributed by atoms with Crippen LogP contribution in [0.5, 0.6) is 0 Å². The fraction of sp³-hybridized carbons (Fsp3) is 0.211. The van der Waals surface area contributed by atoms with E-state index in [-0.39, 0.29) is 0 Å². The maximum atomic E-state index is 11.8. The van der Waals surface area contributed by atoms with Crippen molar-refractivity contribution in [3.8, 4) is 5.69 Å². The number of aliphatic carboxylic acids is 1. The van der Waals surface area contributed by atoms with Crippen LogP contribution in [0.15, 0.2) is 48.9 Å². The Morgan fingerprint density at radius 2 is 2.08 bits per heavy atom. The molecule has 3 N–H and O–H groups in total. The van der Waals surface area contributed by atoms with E-state index in [1.807, 2.05) is 12.1 Å². The Balaban J connectivity index is 1.70. The van der Waals surface area contributed by atoms with Crippen LogP contribution >= 0.6 is 0 Å². The smallest absolute Gasteiger partial charge is 0.311 e. The molecule has 0 amide bonds. The first-order valence-corrected chi connectivity index (χ1v) is 8.21. The van der Waals surface area contributed by atoms with E-state index in [0.717, 1.165) is 29.9 Å². The Morgan fingerprint density at radius 3 is 2.88 bits per heavy atom. The lowest BCUT2D eigenvalue weighted by atomic mass is 9.92. The summed E-state index contributed by atoms with van der Waals surface area (Å²) >= 11 is 0. The number of hydrogen-bond acceptors (Lipinski definition) is 4. The molecule has 25 heavy (non-hydrogen) atoms. The first-order valence-electron chi connectivity index (χ1n) is 8.21. The molecule has 0 fully saturated rings. The summed E-state index contributed by atoms with van der Waals surface area (Å²) in [6.45, 7) is 0. The van der Waals surface area contributed by atoms with Crippen LogP contribution in [0.2, 0.25) is 0 Å². The molecule has 3 heterocycles. The Bertz CT molecular complexity index is 948. The summed E-state index contributed by atoms with van der Waals surface area (Å²) in [5.41, 5.74) is 10.7. The number of nitrogen functional groups attached to an aromatic ring is 1. The second-order valence-electron chi connectivity index (χ2n) is 6.25. The molecule has 0 saturated heterocycles. The van der Waals surface area contributed by atoms with Crippen molar-refractivity contribution >= 4 is 11.8 Å². The average Bonchev–Trinajstić information content (AvgIpc) is 3.02. The van der Waals surface area contributed by atoms with E-state index in [1.165, 1.54) is 5.56 Å². The zero-order chi connectivity index (χ0) is 17.4. The summed E-state index contributed by atoms with van der Waals surface area (Å²) in [5, 5.41) is 9.68. The highest BCUT2D eigenvalue weighted by molar-refractivity contribution is 5.76. The van der Waals surface area contributed by atoms with Crippen molar-refractivity contribution in [2.75, 3.05) is 5.73 Å². The number of para-hydroxylation sites is 1. The van der Waals surface area contributed by atoms with Gasteiger partial charge in [-0.05, 0) is 42.2 Å². The standard InChI is InChI=1S/C19H18N4O2/c20-18-9-13(7-8-21-18)14(19(24)25)10-15-17-6-5-12-3-1-2-4-16(12)23(17)11-22-15/h1-4,7-9,11,14H,5-6,10H2,(H2,20,21)(H,24,25). The van der Waals surface area contributed by atoms with Gasteiger partial charge in [-0.2, -0.15) is 0 Å². The summed E-state index contributed by atoms with van der Waals surface area (Å²) in [6, 6.07) is 11.6. The number of nitrogens with zero attached hydrogens (tertiary/aromatic N) is 3. The second-order valence-corrected chi connectivity index (χ2v) is 6.25. The van der Waals surface area contributed by atoms with E-state index in [2.05, 4.69) is 26.7 Å². The van der Waals surface area contributed by atoms with E-state index >= 15 is 0 Å². The minimum Gasteiger partial charge on any atom is -0.481 e. The van der Waals surface area contributed by atoms with Crippen LogP contribution in [-0.4, -0.2) is 25.6 Å². The third-order valence-electron chi connectivity index (χ3n) is 4.74. The molecular formula is C19H18N4O2. The molecule has 1 aromatic carbocycles. The number of aromatic nitrogens is 3. The van der Waals surface area contributed by atoms with Crippen LogP contribution in [0.4, 0.5) is 5.82 Å². The average molecular weight is 334 g/mol. The van der Waals surface area contributed by atoms with Crippen molar-refractivity contribution in [1.29, 1.82) is 0 Å². The van der Waals surface area contributed by atoms with E-state index in [0.29, 0.717) is 17.8 Å². The molecular weight excluding hydrogens is 316 g/mol. The van der Waals surface area contributed by atoms with Gasteiger partial charge in [-0.3, -0.25) is 4.79 Å². The molecule has 0 spiro atoms. The molecule has 1 atom stereocenters. The second kappa shape index (κ2) is 6.05. The van der Waals surface area contributed by atoms with Gasteiger partial charge in [-0.1, -0.05) is 18.2 Å². The molecule has 0 bridgehead atoms. The number of rotatable bonds is 4. The Kier molecular flexibility index (Phi) is 3.72. The number of nitrogens with two attached hydrogens (primary N) is 1. The monoisotopic (exact) mass is 334 g/mol. The van der Waals surface area contributed by atoms with Crippen molar-refractivity contribution in [1.82, 2.24) is 14.5 Å². The Morgan fingerprint density at radius 1 is 1.24 bits per heavy atom. The quantitative estimate of drug-likeness (QED) is 0.764. The number of carboxylic acids is 1. The van der Waals surface area contributed by atoms with E-state index in [4.69, 9.17) is 5.73 Å². The number of hydrogen-bond donors (Lipinski definition) is 2. The van der Waals surface area contributed by atoms with Gasteiger partial charge >= 0.3 is 5.97 Å². The van der Waals surface area contributed by atoms with Gasteiger partial charge in [0.2, 0.25) is 0 Å². The van der Waals surface area contributed by atoms with Crippen LogP contribution < -0.4 is 5.73 Å². The molecule has 1 unspecified atom stereocenters. The maximum Gasteiger partial charge on any atom is 0.311 e. The zero-order valence-corrected chi connectivity index (χ0v) is 13.6. The first-order chi connectivity index (χ1) is 12.1. The third-order valence-corrected chi connectivity index (χ3v) is 4.74. The van der Waals surface area contributed by atoms with E-state index in [9.17, 15) is 9.90 Å². The lowest BCUT2D eigenvalue weighted by molar-refractivity contribution is -0.138. The normalized spacial score (nSPS) is 13.8. The summed E-state index contributed by atoms with van der Waals surface area (Å²) < 4.78 is 2.08. The van der Waals surface area contributed by atoms with Crippen molar-refractivity contribution in [3.05, 3.63) is 71.4 Å². The maximum absolute atomic E-state index is 11.8. The fourth-order valence-electron chi connectivity index (χ4n) is 3.49. The van der Waals surface area contributed by atoms with Crippen molar-refractivity contribution in [2.45, 2.75) is 25.2 Å². The number of imidazole rings is 1. The fourth-order valence-corrected chi connectivity index (χ4v) is 3.49. The Hall–Kier alpha value is -3.15. The summed E-state index contributed by atoms with van der Waals surface area (Å²) in [7, 11) is 0. The van der Waals surface area contributed by atoms with Gasteiger partial charge in [0.05, 0.1) is 17.9 Å². The summed E-state index contributed by atoms with van der Waals surface area (Å²) in [4.78, 5) is 20.3. The third kappa shape index (κ3) is 2.76. The predicted molar refractivity (Wildman–Crippen MR) is 93.7 cm³/mol. The van der Waals surface area contributed by atoms with Crippen LogP contribution in [-0.2, 0) is 24.1 Å². The SMILES string of the molecule is Nc1cc(C(Cc2ncn3c2CCc2ccccc2-3)C(=O)O)ccn1. The number of carbonyl (C=O) groups is 1. The number of anilines is 1. The lowest BCUT2D eigenvalue weighted by Gasteiger charge is -2.20. The number of pyridine rings is 1. The number of aryl methyl sites for hydroxylation is 1. The Labute approximate surface area is 145 Å². The molecule has 3 aromatic rings. The van der Waals surface area contributed by atoms with Crippen LogP contribution in [0.25, 0.3) is 5.69 Å². The largest absolute Gasteiger partial charge is 0.481 e. The van der Waals surface area contributed by atoms with Crippen LogP contribution in [0.3, 0.4) is 0 Å². The molecule has 6 nitrogen and oxygen atoms in total. The summed E-state index contributed by atoms with van der Waals surface area (Å²) in [5.74, 6) is -1.25. The lowest BCUT2D eigenvalue weighted by Crippen LogP contribution is -2.18. The van der Waals surface area contributed by atoms with Crippen LogP contribution in [0.1, 0.15) is 28.4 Å². The van der Waals surface area contributed by atoms with Gasteiger partial charge in [-0.25, -0.2) is 9.97 Å². The molecule has 2 aromatic heterocycles. The molecule has 1 aliphatic heterocycles. The topological polar surface area (TPSA) is 94.0 Å². The zero-order valence-electron chi connectivity index (χ0n) is 13.6. The van der Waals surface area contributed by atoms with Crippen LogP contribution in [0, 0.1) is 0 Å². The number of benzene rings is 1. The van der Waals surface area contributed by atoms with Crippen molar-refractivity contribution in [3.63, 3.8) is 0 Å². The van der Waals surface area contributed by atoms with Crippen molar-refractivity contribution in [2.24, 2.45) is 0 Å². The van der Waals surface area contributed by atoms with Gasteiger partial charge < -0.3 is 15.4 Å².